The number of benzene rings is 2. The Balaban J connectivity index is 1.82. The van der Waals surface area contributed by atoms with Crippen LogP contribution in [0.4, 0.5) is 0 Å². The Morgan fingerprint density at radius 1 is 1.06 bits per heavy atom. The summed E-state index contributed by atoms with van der Waals surface area (Å²) in [5.41, 5.74) is 1.58. The molecule has 0 bridgehead atoms. The summed E-state index contributed by atoms with van der Waals surface area (Å²) in [6.07, 6.45) is 2.60. The van der Waals surface area contributed by atoms with Crippen molar-refractivity contribution in [3.8, 4) is 11.5 Å². The molecule has 0 unspecified atom stereocenters. The Bertz CT molecular complexity index is 1100. The first kappa shape index (κ1) is 23.9. The number of nitrogens with one attached hydrogen (secondary N) is 2. The lowest BCUT2D eigenvalue weighted by Crippen LogP contribution is -2.53. The van der Waals surface area contributed by atoms with E-state index in [1.165, 1.54) is 36.7 Å². The van der Waals surface area contributed by atoms with E-state index in [4.69, 9.17) is 21.5 Å². The molecule has 0 saturated carbocycles. The molecule has 2 aromatic carbocycles. The van der Waals surface area contributed by atoms with E-state index in [1.54, 1.807) is 43.6 Å². The average molecular weight is 479 g/mol. The largest absolute Gasteiger partial charge is 0.457 e. The first-order valence-electron chi connectivity index (χ1n) is 9.73. The van der Waals surface area contributed by atoms with Crippen molar-refractivity contribution in [3.05, 3.63) is 53.6 Å². The molecular formula is C21H23ClN4O5S. The molecule has 0 radical (unpaired) electrons. The number of amides is 1. The molecule has 0 saturated heterocycles. The Hall–Kier alpha value is -2.79. The molecule has 0 aliphatic carbocycles. The van der Waals surface area contributed by atoms with Gasteiger partial charge in [-0.05, 0) is 54.4 Å². The number of hydrogen-bond acceptors (Lipinski definition) is 8. The average Bonchev–Trinajstić information content (AvgIpc) is 3.26. The third-order valence-electron chi connectivity index (χ3n) is 4.84. The van der Waals surface area contributed by atoms with Gasteiger partial charge in [0.25, 0.3) is 10.9 Å². The van der Waals surface area contributed by atoms with Crippen molar-refractivity contribution in [3.63, 3.8) is 0 Å². The summed E-state index contributed by atoms with van der Waals surface area (Å²) >= 11 is 5.86. The van der Waals surface area contributed by atoms with Gasteiger partial charge >= 0.3 is 0 Å². The van der Waals surface area contributed by atoms with Crippen LogP contribution in [0.5, 0.6) is 11.5 Å². The highest BCUT2D eigenvalue weighted by Crippen LogP contribution is 2.32. The summed E-state index contributed by atoms with van der Waals surface area (Å²) in [4.78, 5) is 18.2. The van der Waals surface area contributed by atoms with Crippen molar-refractivity contribution in [1.82, 2.24) is 10.8 Å². The van der Waals surface area contributed by atoms with E-state index in [-0.39, 0.29) is 17.4 Å². The number of sulfone groups is 1. The number of ether oxygens (including phenoxy) is 1. The third-order valence-corrected chi connectivity index (χ3v) is 7.21. The van der Waals surface area contributed by atoms with Crippen LogP contribution in [0.15, 0.2) is 63.4 Å². The van der Waals surface area contributed by atoms with E-state index in [9.17, 15) is 13.2 Å². The molecule has 11 heteroatoms. The van der Waals surface area contributed by atoms with Gasteiger partial charge in [0.2, 0.25) is 9.84 Å². The molecule has 0 fully saturated rings. The minimum absolute atomic E-state index is 0.00772. The van der Waals surface area contributed by atoms with Crippen molar-refractivity contribution in [1.29, 1.82) is 0 Å². The van der Waals surface area contributed by atoms with Crippen LogP contribution in [0.2, 0.25) is 5.02 Å². The molecule has 2 aromatic rings. The van der Waals surface area contributed by atoms with E-state index in [0.717, 1.165) is 0 Å². The molecule has 1 atom stereocenters. The SMILES string of the molecule is CC(C)[C@@H](NCC1(S(=O)(=O)c2ccc(Oc3ccc(Cl)cc3)cc2)N=CC=N1)C(=O)NO. The number of hydroxylamine groups is 1. The van der Waals surface area contributed by atoms with Crippen molar-refractivity contribution >= 4 is 39.8 Å². The van der Waals surface area contributed by atoms with Gasteiger partial charge in [0.1, 0.15) is 11.5 Å². The molecule has 1 aliphatic rings. The van der Waals surface area contributed by atoms with Gasteiger partial charge in [0.15, 0.2) is 0 Å². The molecule has 3 N–H and O–H groups in total. The summed E-state index contributed by atoms with van der Waals surface area (Å²) < 4.78 is 32.5. The van der Waals surface area contributed by atoms with E-state index in [1.807, 2.05) is 0 Å². The fourth-order valence-electron chi connectivity index (χ4n) is 3.12. The normalized spacial score (nSPS) is 15.7. The lowest BCUT2D eigenvalue weighted by Gasteiger charge is -2.27. The van der Waals surface area contributed by atoms with Crippen molar-refractivity contribution < 1.29 is 23.2 Å². The second kappa shape index (κ2) is 9.78. The summed E-state index contributed by atoms with van der Waals surface area (Å²) in [6, 6.07) is 11.8. The van der Waals surface area contributed by atoms with E-state index in [2.05, 4.69) is 15.3 Å². The zero-order valence-corrected chi connectivity index (χ0v) is 19.0. The molecule has 9 nitrogen and oxygen atoms in total. The minimum Gasteiger partial charge on any atom is -0.457 e. The Labute approximate surface area is 191 Å². The van der Waals surface area contributed by atoms with Gasteiger partial charge in [-0.25, -0.2) is 23.9 Å². The van der Waals surface area contributed by atoms with E-state index in [0.29, 0.717) is 16.5 Å². The summed E-state index contributed by atoms with van der Waals surface area (Å²) in [5, 5.41) is 12.4. The summed E-state index contributed by atoms with van der Waals surface area (Å²) in [7, 11) is -4.07. The predicted molar refractivity (Wildman–Crippen MR) is 121 cm³/mol. The van der Waals surface area contributed by atoms with Gasteiger partial charge in [0, 0.05) is 17.5 Å². The Morgan fingerprint density at radius 3 is 2.09 bits per heavy atom. The molecule has 0 spiro atoms. The molecule has 1 aliphatic heterocycles. The molecule has 32 heavy (non-hydrogen) atoms. The predicted octanol–water partition coefficient (Wildman–Crippen LogP) is 2.83. The van der Waals surface area contributed by atoms with Crippen LogP contribution in [-0.4, -0.2) is 49.5 Å². The molecule has 3 rings (SSSR count). The maximum Gasteiger partial charge on any atom is 0.269 e. The Morgan fingerprint density at radius 2 is 1.59 bits per heavy atom. The smallest absolute Gasteiger partial charge is 0.269 e. The van der Waals surface area contributed by atoms with Crippen LogP contribution in [0.25, 0.3) is 0 Å². The summed E-state index contributed by atoms with van der Waals surface area (Å²) in [6.45, 7) is 3.25. The van der Waals surface area contributed by atoms with Crippen LogP contribution in [0.1, 0.15) is 13.8 Å². The van der Waals surface area contributed by atoms with Gasteiger partial charge in [-0.3, -0.25) is 10.0 Å². The molecular weight excluding hydrogens is 456 g/mol. The fourth-order valence-corrected chi connectivity index (χ4v) is 4.79. The van der Waals surface area contributed by atoms with Crippen LogP contribution in [-0.2, 0) is 14.6 Å². The van der Waals surface area contributed by atoms with Gasteiger partial charge in [-0.2, -0.15) is 0 Å². The Kier molecular flexibility index (Phi) is 7.29. The van der Waals surface area contributed by atoms with Crippen molar-refractivity contribution in [2.75, 3.05) is 6.54 Å². The highest BCUT2D eigenvalue weighted by atomic mass is 35.5. The number of rotatable bonds is 9. The molecule has 0 aromatic heterocycles. The zero-order valence-electron chi connectivity index (χ0n) is 17.4. The van der Waals surface area contributed by atoms with Gasteiger partial charge < -0.3 is 10.1 Å². The standard InChI is InChI=1S/C21H23ClN4O5S/c1-14(2)19(20(27)26-28)23-13-21(24-11-12-25-21)32(29,30)18-9-7-17(8-10-18)31-16-5-3-15(22)4-6-16/h3-12,14,19,23,28H,13H2,1-2H3,(H,26,27)/t19-/m1/s1. The number of nitrogens with zero attached hydrogens (tertiary/aromatic N) is 2. The number of carbonyl (C=O) groups is 1. The second-order valence-electron chi connectivity index (χ2n) is 7.41. The summed E-state index contributed by atoms with van der Waals surface area (Å²) in [5.74, 6) is 0.0942. The highest BCUT2D eigenvalue weighted by molar-refractivity contribution is 7.92. The van der Waals surface area contributed by atoms with E-state index >= 15 is 0 Å². The van der Waals surface area contributed by atoms with Crippen molar-refractivity contribution in [2.24, 2.45) is 15.9 Å². The lowest BCUT2D eigenvalue weighted by molar-refractivity contribution is -0.132. The van der Waals surface area contributed by atoms with E-state index < -0.39 is 26.8 Å². The second-order valence-corrected chi connectivity index (χ2v) is 9.98. The van der Waals surface area contributed by atoms with Crippen LogP contribution < -0.4 is 15.5 Å². The fraction of sp³-hybridized carbons (Fsp3) is 0.286. The van der Waals surface area contributed by atoms with Gasteiger partial charge in [0.05, 0.1) is 17.5 Å². The number of carbonyl (C=O) groups excluding carboxylic acids is 1. The zero-order chi connectivity index (χ0) is 23.4. The first-order valence-corrected chi connectivity index (χ1v) is 11.6. The monoisotopic (exact) mass is 478 g/mol. The number of halogens is 1. The van der Waals surface area contributed by atoms with Gasteiger partial charge in [-0.1, -0.05) is 25.4 Å². The minimum atomic E-state index is -4.07. The quantitative estimate of drug-likeness (QED) is 0.375. The molecule has 170 valence electrons. The third kappa shape index (κ3) is 4.99. The van der Waals surface area contributed by atoms with Gasteiger partial charge in [-0.15, -0.1) is 0 Å². The van der Waals surface area contributed by atoms with Crippen molar-refractivity contribution in [2.45, 2.75) is 29.8 Å². The van der Waals surface area contributed by atoms with Crippen LogP contribution in [0, 0.1) is 5.92 Å². The number of aliphatic imine (C=N–C) groups is 2. The first-order chi connectivity index (χ1) is 15.2. The molecule has 1 amide bonds. The van der Waals surface area contributed by atoms with Crippen LogP contribution >= 0.6 is 11.6 Å². The van der Waals surface area contributed by atoms with Crippen LogP contribution in [0.3, 0.4) is 0 Å². The maximum absolute atomic E-state index is 13.4. The topological polar surface area (TPSA) is 129 Å². The number of hydrogen-bond donors (Lipinski definition) is 3. The highest BCUT2D eigenvalue weighted by Gasteiger charge is 2.46. The lowest BCUT2D eigenvalue weighted by atomic mass is 10.0. The molecule has 1 heterocycles. The maximum atomic E-state index is 13.4.